The molecule has 0 amide bonds. The number of nitrogens with zero attached hydrogens (tertiary/aromatic N) is 3. The summed E-state index contributed by atoms with van der Waals surface area (Å²) < 4.78 is 5.91. The van der Waals surface area contributed by atoms with E-state index in [2.05, 4.69) is 15.0 Å². The van der Waals surface area contributed by atoms with Crippen LogP contribution in [0, 0.1) is 0 Å². The minimum absolute atomic E-state index is 0.0191. The highest BCUT2D eigenvalue weighted by molar-refractivity contribution is 5.70. The fourth-order valence-electron chi connectivity index (χ4n) is 1.82. The van der Waals surface area contributed by atoms with Crippen molar-refractivity contribution >= 4 is 17.1 Å². The molecule has 2 aromatic heterocycles. The SMILES string of the molecule is CC.COC(CO)C(O)C(O)n1cnc2c(=O)[nH]c(N)nc21. The number of aliphatic hydroxyl groups excluding tert-OH is 3. The van der Waals surface area contributed by atoms with E-state index in [0.717, 1.165) is 10.9 Å². The van der Waals surface area contributed by atoms with Gasteiger partial charge >= 0.3 is 0 Å². The standard InChI is InChI=1S/C10H15N5O5.C2H6/c1-20-4(2-16)6(17)9(19)15-3-12-5-7(15)13-10(11)14-8(5)18;1-2/h3-4,6,9,16-17,19H,2H2,1H3,(H3,11,13,14,18);1-2H3. The Hall–Kier alpha value is -2.01. The van der Waals surface area contributed by atoms with Crippen molar-refractivity contribution in [1.82, 2.24) is 19.5 Å². The van der Waals surface area contributed by atoms with Crippen LogP contribution in [0.2, 0.25) is 0 Å². The number of rotatable bonds is 5. The summed E-state index contributed by atoms with van der Waals surface area (Å²) in [6, 6.07) is 0. The average Bonchev–Trinajstić information content (AvgIpc) is 2.93. The van der Waals surface area contributed by atoms with Gasteiger partial charge in [-0.2, -0.15) is 4.98 Å². The molecule has 3 unspecified atom stereocenters. The summed E-state index contributed by atoms with van der Waals surface area (Å²) >= 11 is 0. The van der Waals surface area contributed by atoms with Crippen LogP contribution in [0.1, 0.15) is 20.1 Å². The number of aliphatic hydroxyl groups is 3. The molecule has 0 fully saturated rings. The number of aromatic amines is 1. The van der Waals surface area contributed by atoms with Crippen molar-refractivity contribution < 1.29 is 20.1 Å². The molecule has 3 atom stereocenters. The van der Waals surface area contributed by atoms with E-state index in [1.165, 1.54) is 7.11 Å². The number of methoxy groups -OCH3 is 1. The molecule has 0 bridgehead atoms. The summed E-state index contributed by atoms with van der Waals surface area (Å²) in [5.74, 6) is -0.142. The van der Waals surface area contributed by atoms with Crippen molar-refractivity contribution in [3.63, 3.8) is 0 Å². The zero-order chi connectivity index (χ0) is 16.9. The summed E-state index contributed by atoms with van der Waals surface area (Å²) in [6.07, 6.45) is -2.80. The molecule has 2 rings (SSSR count). The number of hydrogen-bond acceptors (Lipinski definition) is 8. The Kier molecular flexibility index (Phi) is 6.43. The Morgan fingerprint density at radius 1 is 1.45 bits per heavy atom. The maximum absolute atomic E-state index is 11.6. The van der Waals surface area contributed by atoms with E-state index in [1.54, 1.807) is 0 Å². The molecule has 124 valence electrons. The van der Waals surface area contributed by atoms with Gasteiger partial charge in [0.05, 0.1) is 12.9 Å². The highest BCUT2D eigenvalue weighted by Gasteiger charge is 2.28. The van der Waals surface area contributed by atoms with Gasteiger partial charge in [-0.1, -0.05) is 13.8 Å². The highest BCUT2D eigenvalue weighted by atomic mass is 16.5. The fourth-order valence-corrected chi connectivity index (χ4v) is 1.82. The van der Waals surface area contributed by atoms with Crippen molar-refractivity contribution in [2.24, 2.45) is 0 Å². The van der Waals surface area contributed by atoms with Gasteiger partial charge < -0.3 is 25.8 Å². The molecular formula is C12H21N5O5. The molecule has 0 aliphatic heterocycles. The third kappa shape index (κ3) is 3.42. The van der Waals surface area contributed by atoms with Crippen LogP contribution >= 0.6 is 0 Å². The molecule has 0 aliphatic carbocycles. The number of fused-ring (bicyclic) bond motifs is 1. The summed E-state index contributed by atoms with van der Waals surface area (Å²) in [5, 5.41) is 29.0. The predicted octanol–water partition coefficient (Wildman–Crippen LogP) is -1.41. The quantitative estimate of drug-likeness (QED) is 0.450. The minimum atomic E-state index is -1.51. The Morgan fingerprint density at radius 3 is 2.64 bits per heavy atom. The lowest BCUT2D eigenvalue weighted by molar-refractivity contribution is -0.116. The molecule has 0 radical (unpaired) electrons. The number of nitrogens with one attached hydrogen (secondary N) is 1. The minimum Gasteiger partial charge on any atom is -0.394 e. The lowest BCUT2D eigenvalue weighted by Crippen LogP contribution is -2.38. The maximum Gasteiger partial charge on any atom is 0.280 e. The molecule has 2 aromatic rings. The number of imidazole rings is 1. The smallest absolute Gasteiger partial charge is 0.280 e. The van der Waals surface area contributed by atoms with Gasteiger partial charge in [0.1, 0.15) is 12.2 Å². The van der Waals surface area contributed by atoms with Gasteiger partial charge in [0, 0.05) is 7.11 Å². The van der Waals surface area contributed by atoms with Crippen LogP contribution in [-0.2, 0) is 4.74 Å². The number of nitrogen functional groups attached to an aromatic ring is 1. The molecule has 0 spiro atoms. The third-order valence-corrected chi connectivity index (χ3v) is 2.90. The molecule has 22 heavy (non-hydrogen) atoms. The number of H-pyrrole nitrogens is 1. The first-order chi connectivity index (χ1) is 10.5. The van der Waals surface area contributed by atoms with Gasteiger partial charge in [0.25, 0.3) is 5.56 Å². The molecule has 0 aliphatic rings. The highest BCUT2D eigenvalue weighted by Crippen LogP contribution is 2.18. The first-order valence-corrected chi connectivity index (χ1v) is 6.71. The van der Waals surface area contributed by atoms with E-state index in [-0.39, 0.29) is 17.1 Å². The molecule has 10 heteroatoms. The van der Waals surface area contributed by atoms with Crippen molar-refractivity contribution in [3.05, 3.63) is 16.7 Å². The Morgan fingerprint density at radius 2 is 2.09 bits per heavy atom. The van der Waals surface area contributed by atoms with Crippen LogP contribution in [0.5, 0.6) is 0 Å². The van der Waals surface area contributed by atoms with Gasteiger partial charge in [0.15, 0.2) is 17.4 Å². The number of aromatic nitrogens is 4. The normalized spacial score (nSPS) is 15.0. The third-order valence-electron chi connectivity index (χ3n) is 2.90. The number of ether oxygens (including phenoxy) is 1. The molecule has 10 nitrogen and oxygen atoms in total. The number of anilines is 1. The lowest BCUT2D eigenvalue weighted by Gasteiger charge is -2.25. The summed E-state index contributed by atoms with van der Waals surface area (Å²) in [5.41, 5.74) is 4.86. The van der Waals surface area contributed by atoms with Crippen molar-refractivity contribution in [1.29, 1.82) is 0 Å². The molecule has 6 N–H and O–H groups in total. The second kappa shape index (κ2) is 7.84. The second-order valence-electron chi connectivity index (χ2n) is 4.14. The first kappa shape index (κ1) is 18.0. The van der Waals surface area contributed by atoms with E-state index in [4.69, 9.17) is 15.6 Å². The first-order valence-electron chi connectivity index (χ1n) is 6.71. The van der Waals surface area contributed by atoms with E-state index in [0.29, 0.717) is 0 Å². The van der Waals surface area contributed by atoms with Gasteiger partial charge in [-0.15, -0.1) is 0 Å². The lowest BCUT2D eigenvalue weighted by atomic mass is 10.2. The van der Waals surface area contributed by atoms with Crippen LogP contribution in [0.4, 0.5) is 5.95 Å². The summed E-state index contributed by atoms with van der Waals surface area (Å²) in [4.78, 5) is 21.5. The van der Waals surface area contributed by atoms with Gasteiger partial charge in [-0.3, -0.25) is 14.3 Å². The van der Waals surface area contributed by atoms with Gasteiger partial charge in [-0.05, 0) is 0 Å². The largest absolute Gasteiger partial charge is 0.394 e. The fraction of sp³-hybridized carbons (Fsp3) is 0.583. The Bertz CT molecular complexity index is 651. The predicted molar refractivity (Wildman–Crippen MR) is 79.1 cm³/mol. The maximum atomic E-state index is 11.6. The number of hydrogen-bond donors (Lipinski definition) is 5. The summed E-state index contributed by atoms with van der Waals surface area (Å²) in [7, 11) is 1.28. The van der Waals surface area contributed by atoms with Crippen LogP contribution in [0.25, 0.3) is 11.2 Å². The van der Waals surface area contributed by atoms with E-state index >= 15 is 0 Å². The van der Waals surface area contributed by atoms with Crippen molar-refractivity contribution in [3.8, 4) is 0 Å². The van der Waals surface area contributed by atoms with Gasteiger partial charge in [0.2, 0.25) is 5.95 Å². The van der Waals surface area contributed by atoms with Crippen molar-refractivity contribution in [2.75, 3.05) is 19.5 Å². The van der Waals surface area contributed by atoms with E-state index in [9.17, 15) is 15.0 Å². The number of nitrogens with two attached hydrogens (primary N) is 1. The van der Waals surface area contributed by atoms with Gasteiger partial charge in [-0.25, -0.2) is 4.98 Å². The average molecular weight is 315 g/mol. The zero-order valence-corrected chi connectivity index (χ0v) is 12.6. The Balaban J connectivity index is 0.00000116. The van der Waals surface area contributed by atoms with Crippen LogP contribution < -0.4 is 11.3 Å². The molecule has 0 saturated heterocycles. The van der Waals surface area contributed by atoms with Crippen LogP contribution in [0.15, 0.2) is 11.1 Å². The van der Waals surface area contributed by atoms with E-state index in [1.807, 2.05) is 13.8 Å². The Labute approximate surface area is 126 Å². The van der Waals surface area contributed by atoms with Crippen LogP contribution in [-0.4, -0.2) is 60.8 Å². The monoisotopic (exact) mass is 315 g/mol. The molecule has 2 heterocycles. The summed E-state index contributed by atoms with van der Waals surface area (Å²) in [6.45, 7) is 3.51. The molecule has 0 aromatic carbocycles. The molecule has 0 saturated carbocycles. The molecular weight excluding hydrogens is 294 g/mol. The van der Waals surface area contributed by atoms with Crippen LogP contribution in [0.3, 0.4) is 0 Å². The topological polar surface area (TPSA) is 160 Å². The van der Waals surface area contributed by atoms with Crippen molar-refractivity contribution in [2.45, 2.75) is 32.3 Å². The second-order valence-corrected chi connectivity index (χ2v) is 4.14. The zero-order valence-electron chi connectivity index (χ0n) is 12.6. The van der Waals surface area contributed by atoms with E-state index < -0.39 is 30.6 Å².